The summed E-state index contributed by atoms with van der Waals surface area (Å²) in [5, 5.41) is 2.86. The molecule has 0 bridgehead atoms. The first-order valence-electron chi connectivity index (χ1n) is 6.91. The number of hydrogen-bond acceptors (Lipinski definition) is 3. The lowest BCUT2D eigenvalue weighted by Gasteiger charge is -2.11. The van der Waals surface area contributed by atoms with E-state index in [1.54, 1.807) is 25.3 Å². The molecule has 116 valence electrons. The summed E-state index contributed by atoms with van der Waals surface area (Å²) in [6.45, 7) is 3.95. The van der Waals surface area contributed by atoms with Crippen LogP contribution in [0.15, 0.2) is 42.5 Å². The molecule has 0 aromatic heterocycles. The van der Waals surface area contributed by atoms with Crippen molar-refractivity contribution in [1.29, 1.82) is 0 Å². The third kappa shape index (κ3) is 4.37. The Bertz CT molecular complexity index is 653. The highest BCUT2D eigenvalue weighted by Gasteiger charge is 2.09. The maximum absolute atomic E-state index is 12.2. The maximum Gasteiger partial charge on any atom is 0.255 e. The minimum absolute atomic E-state index is 0.127. The zero-order valence-corrected chi connectivity index (χ0v) is 14.9. The number of halogens is 1. The molecule has 0 radical (unpaired) electrons. The Labute approximate surface area is 144 Å². The summed E-state index contributed by atoms with van der Waals surface area (Å²) < 4.78 is 11.7. The first-order valence-corrected chi connectivity index (χ1v) is 7.99. The number of amides is 1. The molecule has 2 aromatic carbocycles. The molecule has 0 unspecified atom stereocenters. The van der Waals surface area contributed by atoms with E-state index in [4.69, 9.17) is 9.47 Å². The van der Waals surface area contributed by atoms with Gasteiger partial charge in [-0.1, -0.05) is 0 Å². The molecule has 2 aromatic rings. The highest BCUT2D eigenvalue weighted by Crippen LogP contribution is 2.22. The van der Waals surface area contributed by atoms with Crippen LogP contribution in [-0.2, 0) is 0 Å². The van der Waals surface area contributed by atoms with Crippen molar-refractivity contribution in [1.82, 2.24) is 0 Å². The zero-order valence-electron chi connectivity index (χ0n) is 12.7. The second-order valence-corrected chi connectivity index (χ2v) is 6.16. The fourth-order valence-corrected chi connectivity index (χ4v) is 2.64. The number of carbonyl (C=O) groups excluding carboxylic acids is 1. The van der Waals surface area contributed by atoms with E-state index in [1.165, 1.54) is 0 Å². The molecule has 4 nitrogen and oxygen atoms in total. The smallest absolute Gasteiger partial charge is 0.255 e. The van der Waals surface area contributed by atoms with Gasteiger partial charge in [0.15, 0.2) is 0 Å². The van der Waals surface area contributed by atoms with Crippen LogP contribution in [0, 0.1) is 3.57 Å². The van der Waals surface area contributed by atoms with Gasteiger partial charge >= 0.3 is 0 Å². The Kier molecular flexibility index (Phi) is 5.65. The minimum Gasteiger partial charge on any atom is -0.496 e. The molecule has 0 atom stereocenters. The van der Waals surface area contributed by atoms with Gasteiger partial charge in [0.2, 0.25) is 0 Å². The van der Waals surface area contributed by atoms with E-state index in [0.29, 0.717) is 5.56 Å². The van der Waals surface area contributed by atoms with Gasteiger partial charge in [-0.05, 0) is 78.9 Å². The molecule has 0 spiro atoms. The number of anilines is 1. The van der Waals surface area contributed by atoms with Crippen LogP contribution < -0.4 is 14.8 Å². The Balaban J connectivity index is 2.06. The van der Waals surface area contributed by atoms with Crippen molar-refractivity contribution in [2.45, 2.75) is 20.0 Å². The second kappa shape index (κ2) is 7.49. The molecule has 0 heterocycles. The number of rotatable bonds is 5. The van der Waals surface area contributed by atoms with Crippen LogP contribution in [-0.4, -0.2) is 19.1 Å². The molecular formula is C17H18INO3. The van der Waals surface area contributed by atoms with Crippen LogP contribution in [0.2, 0.25) is 0 Å². The minimum atomic E-state index is -0.155. The number of benzene rings is 2. The van der Waals surface area contributed by atoms with Gasteiger partial charge in [-0.3, -0.25) is 4.79 Å². The number of hydrogen-bond donors (Lipinski definition) is 1. The lowest BCUT2D eigenvalue weighted by atomic mass is 10.2. The summed E-state index contributed by atoms with van der Waals surface area (Å²) >= 11 is 2.14. The van der Waals surface area contributed by atoms with Crippen LogP contribution >= 0.6 is 22.6 Å². The van der Waals surface area contributed by atoms with E-state index < -0.39 is 0 Å². The summed E-state index contributed by atoms with van der Waals surface area (Å²) in [4.78, 5) is 12.2. The van der Waals surface area contributed by atoms with E-state index in [9.17, 15) is 4.79 Å². The zero-order chi connectivity index (χ0) is 16.1. The average molecular weight is 411 g/mol. The molecule has 0 fully saturated rings. The van der Waals surface area contributed by atoms with Gasteiger partial charge in [0.25, 0.3) is 5.91 Å². The molecule has 2 rings (SSSR count). The maximum atomic E-state index is 12.2. The van der Waals surface area contributed by atoms with Crippen LogP contribution in [0.4, 0.5) is 5.69 Å². The number of methoxy groups -OCH3 is 1. The molecule has 0 saturated heterocycles. The van der Waals surface area contributed by atoms with Gasteiger partial charge < -0.3 is 14.8 Å². The first kappa shape index (κ1) is 16.6. The Morgan fingerprint density at radius 1 is 1.14 bits per heavy atom. The Morgan fingerprint density at radius 3 is 2.36 bits per heavy atom. The molecule has 1 amide bonds. The second-order valence-electron chi connectivity index (χ2n) is 4.99. The number of ether oxygens (including phenoxy) is 2. The highest BCUT2D eigenvalue weighted by molar-refractivity contribution is 14.1. The topological polar surface area (TPSA) is 47.6 Å². The van der Waals surface area contributed by atoms with Crippen molar-refractivity contribution in [2.75, 3.05) is 12.4 Å². The van der Waals surface area contributed by atoms with Crippen molar-refractivity contribution < 1.29 is 14.3 Å². The summed E-state index contributed by atoms with van der Waals surface area (Å²) in [5.74, 6) is 1.39. The Hall–Kier alpha value is -1.76. The number of carbonyl (C=O) groups is 1. The monoisotopic (exact) mass is 411 g/mol. The van der Waals surface area contributed by atoms with Gasteiger partial charge in [-0.25, -0.2) is 0 Å². The van der Waals surface area contributed by atoms with Gasteiger partial charge in [-0.2, -0.15) is 0 Å². The van der Waals surface area contributed by atoms with Crippen molar-refractivity contribution in [3.8, 4) is 11.5 Å². The van der Waals surface area contributed by atoms with Crippen molar-refractivity contribution >= 4 is 34.2 Å². The average Bonchev–Trinajstić information content (AvgIpc) is 2.48. The largest absolute Gasteiger partial charge is 0.496 e. The first-order chi connectivity index (χ1) is 10.5. The van der Waals surface area contributed by atoms with Crippen LogP contribution in [0.25, 0.3) is 0 Å². The predicted octanol–water partition coefficient (Wildman–Crippen LogP) is 4.34. The van der Waals surface area contributed by atoms with Gasteiger partial charge in [0.1, 0.15) is 11.5 Å². The van der Waals surface area contributed by atoms with E-state index in [0.717, 1.165) is 20.8 Å². The fourth-order valence-electron chi connectivity index (χ4n) is 1.90. The quantitative estimate of drug-likeness (QED) is 0.745. The summed E-state index contributed by atoms with van der Waals surface area (Å²) in [6, 6.07) is 12.7. The van der Waals surface area contributed by atoms with E-state index in [-0.39, 0.29) is 12.0 Å². The van der Waals surface area contributed by atoms with Crippen molar-refractivity contribution in [3.05, 3.63) is 51.6 Å². The van der Waals surface area contributed by atoms with E-state index >= 15 is 0 Å². The van der Waals surface area contributed by atoms with Crippen molar-refractivity contribution in [2.24, 2.45) is 0 Å². The summed E-state index contributed by atoms with van der Waals surface area (Å²) in [7, 11) is 1.61. The standard InChI is InChI=1S/C17H18INO3/c1-11(2)22-14-7-5-13(6-8-14)19-17(20)12-4-9-16(21-3)15(18)10-12/h4-11H,1-3H3,(H,19,20). The highest BCUT2D eigenvalue weighted by atomic mass is 127. The molecule has 0 aliphatic carbocycles. The van der Waals surface area contributed by atoms with Crippen LogP contribution in [0.3, 0.4) is 0 Å². The molecule has 0 aliphatic rings. The van der Waals surface area contributed by atoms with Gasteiger partial charge in [0.05, 0.1) is 16.8 Å². The predicted molar refractivity (Wildman–Crippen MR) is 95.9 cm³/mol. The van der Waals surface area contributed by atoms with Gasteiger partial charge in [-0.15, -0.1) is 0 Å². The normalized spacial score (nSPS) is 10.4. The third-order valence-corrected chi connectivity index (χ3v) is 3.74. The van der Waals surface area contributed by atoms with E-state index in [1.807, 2.05) is 38.1 Å². The van der Waals surface area contributed by atoms with Crippen LogP contribution in [0.1, 0.15) is 24.2 Å². The Morgan fingerprint density at radius 2 is 1.82 bits per heavy atom. The lowest BCUT2D eigenvalue weighted by molar-refractivity contribution is 0.102. The van der Waals surface area contributed by atoms with Crippen molar-refractivity contribution in [3.63, 3.8) is 0 Å². The summed E-state index contributed by atoms with van der Waals surface area (Å²) in [6.07, 6.45) is 0.127. The molecule has 22 heavy (non-hydrogen) atoms. The molecule has 0 saturated carbocycles. The lowest BCUT2D eigenvalue weighted by Crippen LogP contribution is -2.12. The molecule has 1 N–H and O–H groups in total. The SMILES string of the molecule is COc1ccc(C(=O)Nc2ccc(OC(C)C)cc2)cc1I. The molecule has 0 aliphatic heterocycles. The van der Waals surface area contributed by atoms with Crippen LogP contribution in [0.5, 0.6) is 11.5 Å². The number of nitrogens with one attached hydrogen (secondary N) is 1. The van der Waals surface area contributed by atoms with E-state index in [2.05, 4.69) is 27.9 Å². The molecule has 5 heteroatoms. The van der Waals surface area contributed by atoms with Gasteiger partial charge in [0, 0.05) is 11.3 Å². The summed E-state index contributed by atoms with van der Waals surface area (Å²) in [5.41, 5.74) is 1.32. The fraction of sp³-hybridized carbons (Fsp3) is 0.235. The molecular weight excluding hydrogens is 393 g/mol. The third-order valence-electron chi connectivity index (χ3n) is 2.90.